The Kier molecular flexibility index (Phi) is 6.54. The molecule has 30 heavy (non-hydrogen) atoms. The van der Waals surface area contributed by atoms with E-state index >= 15 is 0 Å². The molecule has 3 aromatic rings. The maximum absolute atomic E-state index is 4.88. The average Bonchev–Trinajstić information content (AvgIpc) is 3.25. The molecule has 0 spiro atoms. The Morgan fingerprint density at radius 3 is 2.47 bits per heavy atom. The molecule has 1 aromatic carbocycles. The normalized spacial score (nSPS) is 14.8. The van der Waals surface area contributed by atoms with Crippen LogP contribution in [-0.4, -0.2) is 63.1 Å². The van der Waals surface area contributed by atoms with Crippen LogP contribution in [0.3, 0.4) is 0 Å². The van der Waals surface area contributed by atoms with Crippen LogP contribution in [0.15, 0.2) is 66.2 Å². The third-order valence-corrected chi connectivity index (χ3v) is 5.12. The van der Waals surface area contributed by atoms with Crippen molar-refractivity contribution in [3.8, 4) is 0 Å². The van der Waals surface area contributed by atoms with Gasteiger partial charge in [-0.1, -0.05) is 30.3 Å². The quantitative estimate of drug-likeness (QED) is 0.500. The molecule has 1 aliphatic rings. The van der Waals surface area contributed by atoms with Crippen LogP contribution in [0.4, 0.5) is 5.95 Å². The van der Waals surface area contributed by atoms with Gasteiger partial charge in [0.1, 0.15) is 12.4 Å². The van der Waals surface area contributed by atoms with Crippen molar-refractivity contribution in [1.29, 1.82) is 0 Å². The summed E-state index contributed by atoms with van der Waals surface area (Å²) in [5.41, 5.74) is 1.26. The van der Waals surface area contributed by atoms with Gasteiger partial charge in [-0.3, -0.25) is 0 Å². The summed E-state index contributed by atoms with van der Waals surface area (Å²) in [5, 5.41) is 3.43. The molecule has 156 valence electrons. The van der Waals surface area contributed by atoms with Crippen molar-refractivity contribution in [2.45, 2.75) is 20.0 Å². The van der Waals surface area contributed by atoms with Crippen molar-refractivity contribution in [1.82, 2.24) is 29.7 Å². The van der Waals surface area contributed by atoms with Crippen molar-refractivity contribution < 1.29 is 0 Å². The van der Waals surface area contributed by atoms with Crippen LogP contribution in [0, 0.1) is 0 Å². The number of anilines is 1. The summed E-state index contributed by atoms with van der Waals surface area (Å²) in [4.78, 5) is 22.6. The minimum atomic E-state index is 0.546. The Hall–Kier alpha value is -3.42. The lowest BCUT2D eigenvalue weighted by atomic mass is 10.2. The van der Waals surface area contributed by atoms with Crippen molar-refractivity contribution in [2.24, 2.45) is 4.99 Å². The van der Waals surface area contributed by atoms with Gasteiger partial charge in [0.2, 0.25) is 5.95 Å². The molecule has 0 amide bonds. The fraction of sp³-hybridized carbons (Fsp3) is 0.364. The van der Waals surface area contributed by atoms with E-state index < -0.39 is 0 Å². The van der Waals surface area contributed by atoms with Gasteiger partial charge in [0, 0.05) is 64.1 Å². The van der Waals surface area contributed by atoms with Gasteiger partial charge in [-0.25, -0.2) is 19.9 Å². The molecule has 8 heteroatoms. The smallest absolute Gasteiger partial charge is 0.225 e. The first-order chi connectivity index (χ1) is 14.8. The number of imidazole rings is 1. The molecular weight excluding hydrogens is 376 g/mol. The van der Waals surface area contributed by atoms with E-state index in [2.05, 4.69) is 65.8 Å². The highest BCUT2D eigenvalue weighted by atomic mass is 15.4. The summed E-state index contributed by atoms with van der Waals surface area (Å²) in [6.45, 7) is 7.78. The van der Waals surface area contributed by atoms with Crippen LogP contribution in [-0.2, 0) is 13.1 Å². The van der Waals surface area contributed by atoms with Gasteiger partial charge in [0.15, 0.2) is 5.96 Å². The summed E-state index contributed by atoms with van der Waals surface area (Å²) < 4.78 is 2.16. The first kappa shape index (κ1) is 19.9. The molecule has 3 heterocycles. The SMILES string of the molecule is CCNC(=NCc1nccn1Cc1ccccc1)N1CCN(c2ncccn2)CC1. The zero-order valence-electron chi connectivity index (χ0n) is 17.4. The zero-order chi connectivity index (χ0) is 20.6. The second-order valence-corrected chi connectivity index (χ2v) is 7.15. The number of hydrogen-bond donors (Lipinski definition) is 1. The number of nitrogens with one attached hydrogen (secondary N) is 1. The molecule has 0 radical (unpaired) electrons. The molecule has 0 unspecified atom stereocenters. The van der Waals surface area contributed by atoms with Crippen LogP contribution in [0.25, 0.3) is 0 Å². The molecule has 1 aliphatic heterocycles. The summed E-state index contributed by atoms with van der Waals surface area (Å²) in [5.74, 6) is 2.69. The monoisotopic (exact) mass is 404 g/mol. The van der Waals surface area contributed by atoms with E-state index in [1.54, 1.807) is 12.4 Å². The lowest BCUT2D eigenvalue weighted by molar-refractivity contribution is 0.370. The molecule has 1 N–H and O–H groups in total. The van der Waals surface area contributed by atoms with Crippen molar-refractivity contribution in [3.63, 3.8) is 0 Å². The lowest BCUT2D eigenvalue weighted by Crippen LogP contribution is -2.53. The van der Waals surface area contributed by atoms with Gasteiger partial charge in [-0.15, -0.1) is 0 Å². The van der Waals surface area contributed by atoms with Crippen molar-refractivity contribution in [2.75, 3.05) is 37.6 Å². The fourth-order valence-electron chi connectivity index (χ4n) is 3.56. The highest BCUT2D eigenvalue weighted by Gasteiger charge is 2.21. The average molecular weight is 405 g/mol. The van der Waals surface area contributed by atoms with E-state index in [-0.39, 0.29) is 0 Å². The van der Waals surface area contributed by atoms with Crippen LogP contribution in [0.5, 0.6) is 0 Å². The molecule has 0 saturated carbocycles. The van der Waals surface area contributed by atoms with E-state index in [0.29, 0.717) is 6.54 Å². The van der Waals surface area contributed by atoms with Gasteiger partial charge in [-0.05, 0) is 18.6 Å². The number of piperazine rings is 1. The Morgan fingerprint density at radius 2 is 1.73 bits per heavy atom. The summed E-state index contributed by atoms with van der Waals surface area (Å²) in [6.07, 6.45) is 7.44. The van der Waals surface area contributed by atoms with Crippen LogP contribution >= 0.6 is 0 Å². The van der Waals surface area contributed by atoms with E-state index in [9.17, 15) is 0 Å². The van der Waals surface area contributed by atoms with Gasteiger partial charge in [0.05, 0.1) is 0 Å². The van der Waals surface area contributed by atoms with Gasteiger partial charge in [-0.2, -0.15) is 0 Å². The topological polar surface area (TPSA) is 74.5 Å². The summed E-state index contributed by atoms with van der Waals surface area (Å²) in [7, 11) is 0. The number of aliphatic imine (C=N–C) groups is 1. The molecule has 1 fully saturated rings. The van der Waals surface area contributed by atoms with Crippen LogP contribution < -0.4 is 10.2 Å². The van der Waals surface area contributed by atoms with Gasteiger partial charge < -0.3 is 19.7 Å². The van der Waals surface area contributed by atoms with E-state index in [0.717, 1.165) is 57.0 Å². The summed E-state index contributed by atoms with van der Waals surface area (Å²) in [6, 6.07) is 12.3. The Balaban J connectivity index is 1.40. The first-order valence-corrected chi connectivity index (χ1v) is 10.4. The molecule has 8 nitrogen and oxygen atoms in total. The largest absolute Gasteiger partial charge is 0.357 e. The van der Waals surface area contributed by atoms with E-state index in [4.69, 9.17) is 4.99 Å². The Bertz CT molecular complexity index is 930. The van der Waals surface area contributed by atoms with Gasteiger partial charge >= 0.3 is 0 Å². The number of nitrogens with zero attached hydrogens (tertiary/aromatic N) is 7. The molecule has 4 rings (SSSR count). The lowest BCUT2D eigenvalue weighted by Gasteiger charge is -2.36. The molecule has 0 bridgehead atoms. The minimum absolute atomic E-state index is 0.546. The predicted octanol–water partition coefficient (Wildman–Crippen LogP) is 2.01. The zero-order valence-corrected chi connectivity index (χ0v) is 17.4. The molecular formula is C22H28N8. The Labute approximate surface area is 177 Å². The summed E-state index contributed by atoms with van der Waals surface area (Å²) >= 11 is 0. The van der Waals surface area contributed by atoms with Crippen molar-refractivity contribution >= 4 is 11.9 Å². The third-order valence-electron chi connectivity index (χ3n) is 5.12. The van der Waals surface area contributed by atoms with Crippen LogP contribution in [0.2, 0.25) is 0 Å². The first-order valence-electron chi connectivity index (χ1n) is 10.4. The maximum Gasteiger partial charge on any atom is 0.225 e. The molecule has 1 saturated heterocycles. The van der Waals surface area contributed by atoms with Crippen LogP contribution in [0.1, 0.15) is 18.3 Å². The second-order valence-electron chi connectivity index (χ2n) is 7.15. The fourth-order valence-corrected chi connectivity index (χ4v) is 3.56. The third kappa shape index (κ3) is 4.94. The standard InChI is InChI=1S/C22H28N8/c1-2-23-21(28-13-15-29(16-14-28)22-25-9-6-10-26-22)27-17-20-24-11-12-30(20)18-19-7-4-3-5-8-19/h3-12H,2,13-18H2,1H3,(H,23,27). The molecule has 2 aromatic heterocycles. The predicted molar refractivity (Wildman–Crippen MR) is 118 cm³/mol. The number of rotatable bonds is 6. The highest BCUT2D eigenvalue weighted by Crippen LogP contribution is 2.11. The Morgan fingerprint density at radius 1 is 0.967 bits per heavy atom. The number of aromatic nitrogens is 4. The number of hydrogen-bond acceptors (Lipinski definition) is 5. The number of benzene rings is 1. The molecule has 0 aliphatic carbocycles. The maximum atomic E-state index is 4.88. The minimum Gasteiger partial charge on any atom is -0.357 e. The van der Waals surface area contributed by atoms with E-state index in [1.807, 2.05) is 24.5 Å². The van der Waals surface area contributed by atoms with Crippen molar-refractivity contribution in [3.05, 3.63) is 72.6 Å². The van der Waals surface area contributed by atoms with E-state index in [1.165, 1.54) is 5.56 Å². The number of guanidine groups is 1. The second kappa shape index (κ2) is 9.87. The van der Waals surface area contributed by atoms with Gasteiger partial charge in [0.25, 0.3) is 0 Å². The highest BCUT2D eigenvalue weighted by molar-refractivity contribution is 5.80. The molecule has 0 atom stereocenters.